The van der Waals surface area contributed by atoms with E-state index in [0.717, 1.165) is 0 Å². The Morgan fingerprint density at radius 3 is 2.12 bits per heavy atom. The molecule has 0 spiro atoms. The first-order valence-electron chi connectivity index (χ1n) is 7.91. The Balaban J connectivity index is 1.58. The van der Waals surface area contributed by atoms with Crippen LogP contribution in [0.15, 0.2) is 24.3 Å². The van der Waals surface area contributed by atoms with Crippen LogP contribution < -0.4 is 0 Å². The summed E-state index contributed by atoms with van der Waals surface area (Å²) in [6.07, 6.45) is 0.211. The third-order valence-electron chi connectivity index (χ3n) is 3.47. The number of amides is 2. The number of fused-ring (bicyclic) bond motifs is 1. The highest BCUT2D eigenvalue weighted by Gasteiger charge is 2.34. The third-order valence-corrected chi connectivity index (χ3v) is 3.47. The second-order valence-corrected chi connectivity index (χ2v) is 5.09. The van der Waals surface area contributed by atoms with Crippen LogP contribution in [0.1, 0.15) is 34.1 Å². The molecule has 0 aliphatic carbocycles. The van der Waals surface area contributed by atoms with Crippen molar-refractivity contribution in [3.05, 3.63) is 35.4 Å². The summed E-state index contributed by atoms with van der Waals surface area (Å²) in [5, 5.41) is 0. The highest BCUT2D eigenvalue weighted by Crippen LogP contribution is 2.21. The lowest BCUT2D eigenvalue weighted by atomic mass is 10.1. The molecule has 24 heavy (non-hydrogen) atoms. The van der Waals surface area contributed by atoms with Gasteiger partial charge in [-0.15, -0.1) is 0 Å². The summed E-state index contributed by atoms with van der Waals surface area (Å²) in [7, 11) is 0. The highest BCUT2D eigenvalue weighted by molar-refractivity contribution is 6.21. The van der Waals surface area contributed by atoms with Crippen LogP contribution in [0.3, 0.4) is 0 Å². The first-order chi connectivity index (χ1) is 11.6. The van der Waals surface area contributed by atoms with Crippen molar-refractivity contribution in [3.8, 4) is 0 Å². The van der Waals surface area contributed by atoms with E-state index in [1.165, 1.54) is 4.90 Å². The lowest BCUT2D eigenvalue weighted by Crippen LogP contribution is -2.33. The number of imide groups is 1. The van der Waals surface area contributed by atoms with Crippen LogP contribution in [0, 0.1) is 0 Å². The van der Waals surface area contributed by atoms with E-state index in [4.69, 9.17) is 14.2 Å². The SMILES string of the molecule is CCOC(=O)CCOCCOCCN1C(=O)c2ccccc2C1=O. The molecule has 0 radical (unpaired) electrons. The molecule has 0 bridgehead atoms. The molecule has 1 aromatic rings. The van der Waals surface area contributed by atoms with E-state index in [2.05, 4.69) is 0 Å². The van der Waals surface area contributed by atoms with Gasteiger partial charge < -0.3 is 14.2 Å². The number of benzene rings is 1. The second-order valence-electron chi connectivity index (χ2n) is 5.09. The molecule has 0 N–H and O–H groups in total. The summed E-state index contributed by atoms with van der Waals surface area (Å²) in [5.74, 6) is -0.862. The van der Waals surface area contributed by atoms with Gasteiger partial charge in [-0.1, -0.05) is 12.1 Å². The van der Waals surface area contributed by atoms with Gasteiger partial charge in [-0.05, 0) is 19.1 Å². The molecular formula is C17H21NO6. The lowest BCUT2D eigenvalue weighted by molar-refractivity contribution is -0.144. The molecule has 1 aromatic carbocycles. The molecule has 1 aliphatic heterocycles. The number of ether oxygens (including phenoxy) is 3. The molecule has 0 saturated carbocycles. The zero-order valence-electron chi connectivity index (χ0n) is 13.7. The minimum atomic E-state index is -0.288. The Morgan fingerprint density at radius 1 is 0.958 bits per heavy atom. The molecule has 7 heteroatoms. The largest absolute Gasteiger partial charge is 0.466 e. The normalized spacial score (nSPS) is 13.3. The quantitative estimate of drug-likeness (QED) is 0.364. The minimum Gasteiger partial charge on any atom is -0.466 e. The monoisotopic (exact) mass is 335 g/mol. The van der Waals surface area contributed by atoms with Gasteiger partial charge in [0.1, 0.15) is 0 Å². The smallest absolute Gasteiger partial charge is 0.308 e. The minimum absolute atomic E-state index is 0.204. The second kappa shape index (κ2) is 9.14. The standard InChI is InChI=1S/C17H21NO6/c1-2-24-15(19)7-9-22-11-12-23-10-8-18-16(20)13-5-3-4-6-14(13)17(18)21/h3-6H,2,7-12H2,1H3. The highest BCUT2D eigenvalue weighted by atomic mass is 16.5. The Morgan fingerprint density at radius 2 is 1.54 bits per heavy atom. The van der Waals surface area contributed by atoms with Gasteiger partial charge in [-0.3, -0.25) is 19.3 Å². The molecule has 130 valence electrons. The number of hydrogen-bond acceptors (Lipinski definition) is 6. The number of esters is 1. The summed E-state index contributed by atoms with van der Waals surface area (Å²) in [6.45, 7) is 3.50. The summed E-state index contributed by atoms with van der Waals surface area (Å²) < 4.78 is 15.4. The van der Waals surface area contributed by atoms with Gasteiger partial charge in [0.05, 0.1) is 57.1 Å². The van der Waals surface area contributed by atoms with Crippen molar-refractivity contribution in [2.24, 2.45) is 0 Å². The van der Waals surface area contributed by atoms with Gasteiger partial charge in [0.2, 0.25) is 0 Å². The topological polar surface area (TPSA) is 82.1 Å². The van der Waals surface area contributed by atoms with Crippen LogP contribution in [0.4, 0.5) is 0 Å². The fraction of sp³-hybridized carbons (Fsp3) is 0.471. The van der Waals surface area contributed by atoms with E-state index >= 15 is 0 Å². The van der Waals surface area contributed by atoms with Crippen LogP contribution >= 0.6 is 0 Å². The van der Waals surface area contributed by atoms with E-state index in [9.17, 15) is 14.4 Å². The van der Waals surface area contributed by atoms with Crippen LogP contribution in [0.5, 0.6) is 0 Å². The Labute approximate surface area is 140 Å². The molecule has 1 aliphatic rings. The fourth-order valence-electron chi connectivity index (χ4n) is 2.31. The predicted octanol–water partition coefficient (Wildman–Crippen LogP) is 1.27. The first-order valence-corrected chi connectivity index (χ1v) is 7.91. The van der Waals surface area contributed by atoms with Crippen molar-refractivity contribution >= 4 is 17.8 Å². The number of nitrogens with zero attached hydrogens (tertiary/aromatic N) is 1. The van der Waals surface area contributed by atoms with E-state index in [1.807, 2.05) is 0 Å². The predicted molar refractivity (Wildman–Crippen MR) is 84.7 cm³/mol. The van der Waals surface area contributed by atoms with Gasteiger partial charge in [0.25, 0.3) is 11.8 Å². The van der Waals surface area contributed by atoms with Crippen LogP contribution in [0.2, 0.25) is 0 Å². The lowest BCUT2D eigenvalue weighted by Gasteiger charge is -2.13. The van der Waals surface area contributed by atoms with Crippen LogP contribution in [-0.2, 0) is 19.0 Å². The summed E-state index contributed by atoms with van der Waals surface area (Å²) in [4.78, 5) is 36.5. The fourth-order valence-corrected chi connectivity index (χ4v) is 2.31. The van der Waals surface area contributed by atoms with Crippen molar-refractivity contribution in [3.63, 3.8) is 0 Å². The molecule has 0 atom stereocenters. The molecule has 2 amide bonds. The Kier molecular flexibility index (Phi) is 6.89. The zero-order chi connectivity index (χ0) is 17.4. The summed E-state index contributed by atoms with van der Waals surface area (Å²) >= 11 is 0. The van der Waals surface area contributed by atoms with E-state index < -0.39 is 0 Å². The van der Waals surface area contributed by atoms with Crippen molar-refractivity contribution in [1.29, 1.82) is 0 Å². The summed E-state index contributed by atoms with van der Waals surface area (Å²) in [6, 6.07) is 6.76. The average Bonchev–Trinajstić information content (AvgIpc) is 2.82. The maximum Gasteiger partial charge on any atom is 0.308 e. The number of carbonyl (C=O) groups is 3. The van der Waals surface area contributed by atoms with Gasteiger partial charge in [0.15, 0.2) is 0 Å². The van der Waals surface area contributed by atoms with Crippen molar-refractivity contribution in [1.82, 2.24) is 4.90 Å². The van der Waals surface area contributed by atoms with Crippen molar-refractivity contribution in [2.45, 2.75) is 13.3 Å². The molecule has 0 fully saturated rings. The molecule has 1 heterocycles. The van der Waals surface area contributed by atoms with Crippen LogP contribution in [-0.4, -0.2) is 62.3 Å². The van der Waals surface area contributed by atoms with Crippen LogP contribution in [0.25, 0.3) is 0 Å². The average molecular weight is 335 g/mol. The Hall–Kier alpha value is -2.25. The van der Waals surface area contributed by atoms with E-state index in [-0.39, 0.29) is 44.0 Å². The third kappa shape index (κ3) is 4.62. The van der Waals surface area contributed by atoms with Crippen molar-refractivity contribution in [2.75, 3.05) is 39.6 Å². The molecule has 7 nitrogen and oxygen atoms in total. The maximum atomic E-state index is 12.1. The van der Waals surface area contributed by atoms with Gasteiger partial charge in [-0.2, -0.15) is 0 Å². The zero-order valence-corrected chi connectivity index (χ0v) is 13.7. The first kappa shape index (κ1) is 18.1. The van der Waals surface area contributed by atoms with E-state index in [1.54, 1.807) is 31.2 Å². The molecular weight excluding hydrogens is 314 g/mol. The molecule has 2 rings (SSSR count). The van der Waals surface area contributed by atoms with Gasteiger partial charge in [0, 0.05) is 0 Å². The number of carbonyl (C=O) groups excluding carboxylic acids is 3. The number of hydrogen-bond donors (Lipinski definition) is 0. The van der Waals surface area contributed by atoms with Gasteiger partial charge in [-0.25, -0.2) is 0 Å². The molecule has 0 unspecified atom stereocenters. The van der Waals surface area contributed by atoms with E-state index in [0.29, 0.717) is 30.9 Å². The Bertz CT molecular complexity index is 565. The maximum absolute atomic E-state index is 12.1. The van der Waals surface area contributed by atoms with Crippen molar-refractivity contribution < 1.29 is 28.6 Å². The van der Waals surface area contributed by atoms with Gasteiger partial charge >= 0.3 is 5.97 Å². The molecule has 0 aromatic heterocycles. The summed E-state index contributed by atoms with van der Waals surface area (Å²) in [5.41, 5.74) is 0.870. The molecule has 0 saturated heterocycles. The number of rotatable bonds is 10.